The third-order valence-electron chi connectivity index (χ3n) is 3.07. The van der Waals surface area contributed by atoms with Crippen molar-refractivity contribution in [2.24, 2.45) is 5.73 Å². The van der Waals surface area contributed by atoms with Crippen LogP contribution in [0.1, 0.15) is 12.5 Å². The summed E-state index contributed by atoms with van der Waals surface area (Å²) in [6, 6.07) is 4.58. The molecule has 9 heteroatoms. The average Bonchev–Trinajstić information content (AvgIpc) is 2.49. The number of carbonyl (C=O) groups excluding carboxylic acids is 2. The standard InChI is InChI=1S/C15H19F3N2O4/c1-10(14(22)20(7-8-23-2)9-13(19)21)24-12-6-4-3-5-11(12)15(16,17)18/h3-6,10H,7-9H2,1-2H3,(H2,19,21)/t10-/m0/s1. The van der Waals surface area contributed by atoms with Gasteiger partial charge in [0.05, 0.1) is 18.7 Å². The highest BCUT2D eigenvalue weighted by atomic mass is 19.4. The van der Waals surface area contributed by atoms with Crippen molar-refractivity contribution in [3.05, 3.63) is 29.8 Å². The second-order valence-electron chi connectivity index (χ2n) is 4.97. The van der Waals surface area contributed by atoms with Crippen molar-refractivity contribution in [1.82, 2.24) is 4.90 Å². The first-order valence-corrected chi connectivity index (χ1v) is 7.05. The van der Waals surface area contributed by atoms with Crippen molar-refractivity contribution in [3.8, 4) is 5.75 Å². The van der Waals surface area contributed by atoms with Gasteiger partial charge < -0.3 is 20.1 Å². The van der Waals surface area contributed by atoms with E-state index in [-0.39, 0.29) is 19.7 Å². The molecule has 0 saturated carbocycles. The molecule has 0 bridgehead atoms. The van der Waals surface area contributed by atoms with Crippen molar-refractivity contribution in [2.75, 3.05) is 26.8 Å². The Morgan fingerprint density at radius 2 is 1.92 bits per heavy atom. The zero-order chi connectivity index (χ0) is 18.3. The summed E-state index contributed by atoms with van der Waals surface area (Å²) in [6.45, 7) is 1.13. The molecule has 134 valence electrons. The molecule has 0 unspecified atom stereocenters. The monoisotopic (exact) mass is 348 g/mol. The lowest BCUT2D eigenvalue weighted by atomic mass is 10.2. The molecule has 1 atom stereocenters. The van der Waals surface area contributed by atoms with E-state index in [9.17, 15) is 22.8 Å². The zero-order valence-corrected chi connectivity index (χ0v) is 13.3. The van der Waals surface area contributed by atoms with Crippen molar-refractivity contribution >= 4 is 11.8 Å². The van der Waals surface area contributed by atoms with Crippen LogP contribution in [-0.2, 0) is 20.5 Å². The fourth-order valence-electron chi connectivity index (χ4n) is 1.96. The summed E-state index contributed by atoms with van der Waals surface area (Å²) >= 11 is 0. The van der Waals surface area contributed by atoms with Gasteiger partial charge in [0.15, 0.2) is 6.10 Å². The van der Waals surface area contributed by atoms with Crippen molar-refractivity contribution < 1.29 is 32.2 Å². The molecule has 0 aliphatic rings. The van der Waals surface area contributed by atoms with Gasteiger partial charge in [0.2, 0.25) is 5.91 Å². The number of carbonyl (C=O) groups is 2. The lowest BCUT2D eigenvalue weighted by molar-refractivity contribution is -0.144. The zero-order valence-electron chi connectivity index (χ0n) is 13.3. The van der Waals surface area contributed by atoms with E-state index in [1.165, 1.54) is 26.2 Å². The molecule has 0 aliphatic heterocycles. The number of alkyl halides is 3. The van der Waals surface area contributed by atoms with Gasteiger partial charge in [0.1, 0.15) is 5.75 Å². The second kappa shape index (κ2) is 8.53. The Kier molecular flexibility index (Phi) is 7.02. The van der Waals surface area contributed by atoms with E-state index >= 15 is 0 Å². The smallest absolute Gasteiger partial charge is 0.419 e. The Balaban J connectivity index is 2.91. The highest BCUT2D eigenvalue weighted by Crippen LogP contribution is 2.36. The van der Waals surface area contributed by atoms with Gasteiger partial charge >= 0.3 is 6.18 Å². The van der Waals surface area contributed by atoms with Gasteiger partial charge in [0, 0.05) is 13.7 Å². The second-order valence-corrected chi connectivity index (χ2v) is 4.97. The van der Waals surface area contributed by atoms with Gasteiger partial charge in [-0.3, -0.25) is 9.59 Å². The fraction of sp³-hybridized carbons (Fsp3) is 0.467. The molecular weight excluding hydrogens is 329 g/mol. The average molecular weight is 348 g/mol. The predicted molar refractivity (Wildman–Crippen MR) is 79.2 cm³/mol. The summed E-state index contributed by atoms with van der Waals surface area (Å²) in [4.78, 5) is 24.4. The van der Waals surface area contributed by atoms with Gasteiger partial charge in [-0.25, -0.2) is 0 Å². The third-order valence-corrected chi connectivity index (χ3v) is 3.07. The van der Waals surface area contributed by atoms with Crippen LogP contribution in [0.2, 0.25) is 0 Å². The number of benzene rings is 1. The molecule has 1 aromatic rings. The van der Waals surface area contributed by atoms with Crippen molar-refractivity contribution in [1.29, 1.82) is 0 Å². The minimum atomic E-state index is -4.61. The molecule has 6 nitrogen and oxygen atoms in total. The van der Waals surface area contributed by atoms with Gasteiger partial charge in [-0.05, 0) is 19.1 Å². The molecule has 0 saturated heterocycles. The number of ether oxygens (including phenoxy) is 2. The minimum absolute atomic E-state index is 0.0624. The first-order valence-electron chi connectivity index (χ1n) is 7.05. The molecule has 2 amide bonds. The number of halogens is 3. The van der Waals surface area contributed by atoms with E-state index in [0.29, 0.717) is 0 Å². The SMILES string of the molecule is COCCN(CC(N)=O)C(=O)[C@H](C)Oc1ccccc1C(F)(F)F. The van der Waals surface area contributed by atoms with Crippen LogP contribution in [0.5, 0.6) is 5.75 Å². The third kappa shape index (κ3) is 5.73. The van der Waals surface area contributed by atoms with Crippen LogP contribution in [0.15, 0.2) is 24.3 Å². The van der Waals surface area contributed by atoms with Crippen LogP contribution < -0.4 is 10.5 Å². The van der Waals surface area contributed by atoms with Gasteiger partial charge in [0.25, 0.3) is 5.91 Å². The largest absolute Gasteiger partial charge is 0.480 e. The molecule has 2 N–H and O–H groups in total. The number of hydrogen-bond donors (Lipinski definition) is 1. The van der Waals surface area contributed by atoms with Crippen LogP contribution in [0.25, 0.3) is 0 Å². The maximum Gasteiger partial charge on any atom is 0.419 e. The normalized spacial score (nSPS) is 12.5. The van der Waals surface area contributed by atoms with E-state index in [1.807, 2.05) is 0 Å². The maximum absolute atomic E-state index is 12.9. The van der Waals surface area contributed by atoms with Crippen molar-refractivity contribution in [2.45, 2.75) is 19.2 Å². The maximum atomic E-state index is 12.9. The van der Waals surface area contributed by atoms with Crippen LogP contribution in [0, 0.1) is 0 Å². The molecule has 24 heavy (non-hydrogen) atoms. The van der Waals surface area contributed by atoms with E-state index < -0.39 is 35.4 Å². The lowest BCUT2D eigenvalue weighted by Crippen LogP contribution is -2.46. The summed E-state index contributed by atoms with van der Waals surface area (Å²) in [6.07, 6.45) is -5.84. The quantitative estimate of drug-likeness (QED) is 0.771. The molecule has 0 radical (unpaired) electrons. The van der Waals surface area contributed by atoms with Crippen LogP contribution >= 0.6 is 0 Å². The van der Waals surface area contributed by atoms with Crippen LogP contribution in [-0.4, -0.2) is 49.6 Å². The predicted octanol–water partition coefficient (Wildman–Crippen LogP) is 1.43. The number of nitrogens with two attached hydrogens (primary N) is 1. The van der Waals surface area contributed by atoms with E-state index in [2.05, 4.69) is 0 Å². The van der Waals surface area contributed by atoms with E-state index in [1.54, 1.807) is 0 Å². The molecule has 1 rings (SSSR count). The number of rotatable bonds is 8. The highest BCUT2D eigenvalue weighted by molar-refractivity contribution is 5.86. The Morgan fingerprint density at radius 1 is 1.29 bits per heavy atom. The van der Waals surface area contributed by atoms with Crippen molar-refractivity contribution in [3.63, 3.8) is 0 Å². The lowest BCUT2D eigenvalue weighted by Gasteiger charge is -2.25. The first-order chi connectivity index (χ1) is 11.2. The first kappa shape index (κ1) is 19.8. The highest BCUT2D eigenvalue weighted by Gasteiger charge is 2.35. The minimum Gasteiger partial charge on any atom is -0.480 e. The van der Waals surface area contributed by atoms with Crippen LogP contribution in [0.4, 0.5) is 13.2 Å². The fourth-order valence-corrected chi connectivity index (χ4v) is 1.96. The van der Waals surface area contributed by atoms with Crippen LogP contribution in [0.3, 0.4) is 0 Å². The van der Waals surface area contributed by atoms with Gasteiger partial charge in [-0.1, -0.05) is 12.1 Å². The van der Waals surface area contributed by atoms with Gasteiger partial charge in [-0.2, -0.15) is 13.2 Å². The Labute approximate surface area is 137 Å². The number of nitrogens with zero attached hydrogens (tertiary/aromatic N) is 1. The van der Waals surface area contributed by atoms with Gasteiger partial charge in [-0.15, -0.1) is 0 Å². The molecule has 0 aromatic heterocycles. The Morgan fingerprint density at radius 3 is 2.46 bits per heavy atom. The topological polar surface area (TPSA) is 81.9 Å². The summed E-state index contributed by atoms with van der Waals surface area (Å²) < 4.78 is 48.8. The summed E-state index contributed by atoms with van der Waals surface area (Å²) in [7, 11) is 1.41. The summed E-state index contributed by atoms with van der Waals surface area (Å²) in [5.74, 6) is -1.87. The molecule has 0 heterocycles. The summed E-state index contributed by atoms with van der Waals surface area (Å²) in [5.41, 5.74) is 4.09. The molecule has 0 fully saturated rings. The number of primary amides is 1. The van der Waals surface area contributed by atoms with E-state index in [0.717, 1.165) is 17.0 Å². The Hall–Kier alpha value is -2.29. The molecule has 1 aromatic carbocycles. The van der Waals surface area contributed by atoms with E-state index in [4.69, 9.17) is 15.2 Å². The number of amides is 2. The Bertz CT molecular complexity index is 578. The molecule has 0 spiro atoms. The molecule has 0 aliphatic carbocycles. The number of hydrogen-bond acceptors (Lipinski definition) is 4. The molecular formula is C15H19F3N2O4. The summed E-state index contributed by atoms with van der Waals surface area (Å²) in [5, 5.41) is 0. The number of methoxy groups -OCH3 is 1. The number of para-hydroxylation sites is 1.